The van der Waals surface area contributed by atoms with E-state index in [4.69, 9.17) is 17.3 Å². The Labute approximate surface area is 99.3 Å². The van der Waals surface area contributed by atoms with Crippen molar-refractivity contribution in [3.05, 3.63) is 47.1 Å². The molecule has 3 N–H and O–H groups in total. The lowest BCUT2D eigenvalue weighted by Crippen LogP contribution is -1.98. The number of rotatable bonds is 2. The molecular formula is C12H12ClN3. The van der Waals surface area contributed by atoms with Crippen LogP contribution < -0.4 is 11.1 Å². The van der Waals surface area contributed by atoms with E-state index in [0.29, 0.717) is 16.5 Å². The molecule has 0 saturated heterocycles. The highest BCUT2D eigenvalue weighted by atomic mass is 35.5. The molecule has 0 amide bonds. The zero-order valence-electron chi connectivity index (χ0n) is 8.87. The molecule has 0 fully saturated rings. The monoisotopic (exact) mass is 233 g/mol. The van der Waals surface area contributed by atoms with Crippen molar-refractivity contribution >= 4 is 28.8 Å². The molecule has 16 heavy (non-hydrogen) atoms. The van der Waals surface area contributed by atoms with E-state index in [1.54, 1.807) is 12.3 Å². The normalized spacial score (nSPS) is 10.1. The number of anilines is 3. The predicted molar refractivity (Wildman–Crippen MR) is 68.1 cm³/mol. The molecule has 1 heterocycles. The van der Waals surface area contributed by atoms with E-state index in [0.717, 1.165) is 5.69 Å². The number of benzene rings is 1. The summed E-state index contributed by atoms with van der Waals surface area (Å²) in [4.78, 5) is 4.13. The Kier molecular flexibility index (Phi) is 2.97. The van der Waals surface area contributed by atoms with Crippen LogP contribution >= 0.6 is 11.6 Å². The van der Waals surface area contributed by atoms with Gasteiger partial charge in [0.05, 0.1) is 10.7 Å². The van der Waals surface area contributed by atoms with E-state index >= 15 is 0 Å². The Bertz CT molecular complexity index is 494. The molecule has 0 bridgehead atoms. The quantitative estimate of drug-likeness (QED) is 0.836. The van der Waals surface area contributed by atoms with Gasteiger partial charge >= 0.3 is 0 Å². The minimum Gasteiger partial charge on any atom is -0.396 e. The summed E-state index contributed by atoms with van der Waals surface area (Å²) in [7, 11) is 0. The summed E-state index contributed by atoms with van der Waals surface area (Å²) in [5.41, 5.74) is 8.49. The van der Waals surface area contributed by atoms with Crippen molar-refractivity contribution in [2.24, 2.45) is 0 Å². The molecule has 0 atom stereocenters. The number of pyridine rings is 1. The SMILES string of the molecule is Cc1ccc(Nc2ncc(Cl)cc2N)cc1. The second-order valence-electron chi connectivity index (χ2n) is 3.58. The van der Waals surface area contributed by atoms with E-state index in [1.165, 1.54) is 5.56 Å². The summed E-state index contributed by atoms with van der Waals surface area (Å²) < 4.78 is 0. The van der Waals surface area contributed by atoms with Gasteiger partial charge in [0.1, 0.15) is 0 Å². The number of nitrogen functional groups attached to an aromatic ring is 1. The number of nitrogens with one attached hydrogen (secondary N) is 1. The first-order valence-electron chi connectivity index (χ1n) is 4.90. The maximum atomic E-state index is 5.79. The van der Waals surface area contributed by atoms with E-state index in [2.05, 4.69) is 10.3 Å². The van der Waals surface area contributed by atoms with E-state index in [9.17, 15) is 0 Å². The second-order valence-corrected chi connectivity index (χ2v) is 4.02. The molecule has 0 spiro atoms. The summed E-state index contributed by atoms with van der Waals surface area (Å²) >= 11 is 5.77. The molecule has 1 aromatic carbocycles. The Morgan fingerprint density at radius 2 is 1.94 bits per heavy atom. The van der Waals surface area contributed by atoms with Crippen molar-refractivity contribution in [3.63, 3.8) is 0 Å². The lowest BCUT2D eigenvalue weighted by Gasteiger charge is -2.08. The van der Waals surface area contributed by atoms with Gasteiger partial charge in [-0.05, 0) is 25.1 Å². The van der Waals surface area contributed by atoms with Crippen molar-refractivity contribution in [2.75, 3.05) is 11.1 Å². The van der Waals surface area contributed by atoms with Gasteiger partial charge in [-0.1, -0.05) is 29.3 Å². The molecule has 4 heteroatoms. The Morgan fingerprint density at radius 1 is 1.25 bits per heavy atom. The van der Waals surface area contributed by atoms with Crippen LogP contribution in [-0.2, 0) is 0 Å². The van der Waals surface area contributed by atoms with Gasteiger partial charge in [0, 0.05) is 11.9 Å². The average Bonchev–Trinajstić information content (AvgIpc) is 2.25. The zero-order valence-corrected chi connectivity index (χ0v) is 9.62. The molecule has 3 nitrogen and oxygen atoms in total. The highest BCUT2D eigenvalue weighted by Gasteiger charge is 2.01. The highest BCUT2D eigenvalue weighted by molar-refractivity contribution is 6.30. The smallest absolute Gasteiger partial charge is 0.153 e. The predicted octanol–water partition coefficient (Wildman–Crippen LogP) is 3.37. The van der Waals surface area contributed by atoms with Gasteiger partial charge in [-0.15, -0.1) is 0 Å². The number of hydrogen-bond donors (Lipinski definition) is 2. The zero-order chi connectivity index (χ0) is 11.5. The maximum absolute atomic E-state index is 5.79. The third kappa shape index (κ3) is 2.44. The van der Waals surface area contributed by atoms with Crippen LogP contribution in [0.2, 0.25) is 5.02 Å². The summed E-state index contributed by atoms with van der Waals surface area (Å²) in [6, 6.07) is 9.67. The van der Waals surface area contributed by atoms with Gasteiger partial charge in [0.15, 0.2) is 5.82 Å². The first kappa shape index (κ1) is 10.8. The molecule has 2 rings (SSSR count). The van der Waals surface area contributed by atoms with Crippen LogP contribution in [0.15, 0.2) is 36.5 Å². The van der Waals surface area contributed by atoms with E-state index in [-0.39, 0.29) is 0 Å². The number of aryl methyl sites for hydroxylation is 1. The molecule has 0 aliphatic carbocycles. The van der Waals surface area contributed by atoms with Crippen LogP contribution in [0.1, 0.15) is 5.56 Å². The standard InChI is InChI=1S/C12H12ClN3/c1-8-2-4-10(5-3-8)16-12-11(14)6-9(13)7-15-12/h2-7H,14H2,1H3,(H,15,16). The van der Waals surface area contributed by atoms with Crippen LogP contribution in [0, 0.1) is 6.92 Å². The van der Waals surface area contributed by atoms with Crippen LogP contribution in [0.5, 0.6) is 0 Å². The molecule has 2 aromatic rings. The third-order valence-electron chi connectivity index (χ3n) is 2.20. The highest BCUT2D eigenvalue weighted by Crippen LogP contribution is 2.23. The summed E-state index contributed by atoms with van der Waals surface area (Å²) in [5, 5.41) is 3.67. The number of halogens is 1. The average molecular weight is 234 g/mol. The fourth-order valence-electron chi connectivity index (χ4n) is 1.33. The fraction of sp³-hybridized carbons (Fsp3) is 0.0833. The van der Waals surface area contributed by atoms with Crippen molar-refractivity contribution in [1.29, 1.82) is 0 Å². The maximum Gasteiger partial charge on any atom is 0.153 e. The molecule has 1 aromatic heterocycles. The molecule has 0 aliphatic rings. The van der Waals surface area contributed by atoms with Crippen molar-refractivity contribution in [3.8, 4) is 0 Å². The fourth-order valence-corrected chi connectivity index (χ4v) is 1.50. The van der Waals surface area contributed by atoms with Gasteiger partial charge in [0.25, 0.3) is 0 Å². The molecular weight excluding hydrogens is 222 g/mol. The Hall–Kier alpha value is -1.74. The van der Waals surface area contributed by atoms with Crippen LogP contribution in [-0.4, -0.2) is 4.98 Å². The topological polar surface area (TPSA) is 50.9 Å². The first-order chi connectivity index (χ1) is 7.65. The van der Waals surface area contributed by atoms with Crippen LogP contribution in [0.25, 0.3) is 0 Å². The number of aromatic nitrogens is 1. The molecule has 0 saturated carbocycles. The van der Waals surface area contributed by atoms with Gasteiger partial charge in [-0.2, -0.15) is 0 Å². The minimum absolute atomic E-state index is 0.534. The van der Waals surface area contributed by atoms with Gasteiger partial charge in [-0.25, -0.2) is 4.98 Å². The Morgan fingerprint density at radius 3 is 2.56 bits per heavy atom. The molecule has 0 radical (unpaired) electrons. The summed E-state index contributed by atoms with van der Waals surface area (Å²) in [6.45, 7) is 2.04. The third-order valence-corrected chi connectivity index (χ3v) is 2.40. The Balaban J connectivity index is 2.23. The second kappa shape index (κ2) is 4.41. The molecule has 0 unspecified atom stereocenters. The van der Waals surface area contributed by atoms with E-state index < -0.39 is 0 Å². The summed E-state index contributed by atoms with van der Waals surface area (Å²) in [5.74, 6) is 0.619. The lowest BCUT2D eigenvalue weighted by atomic mass is 10.2. The largest absolute Gasteiger partial charge is 0.396 e. The number of hydrogen-bond acceptors (Lipinski definition) is 3. The van der Waals surface area contributed by atoms with Gasteiger partial charge < -0.3 is 11.1 Å². The van der Waals surface area contributed by atoms with Crippen molar-refractivity contribution < 1.29 is 0 Å². The number of nitrogens with two attached hydrogens (primary N) is 1. The molecule has 82 valence electrons. The van der Waals surface area contributed by atoms with Crippen LogP contribution in [0.4, 0.5) is 17.2 Å². The van der Waals surface area contributed by atoms with Crippen molar-refractivity contribution in [1.82, 2.24) is 4.98 Å². The van der Waals surface area contributed by atoms with Gasteiger partial charge in [0.2, 0.25) is 0 Å². The van der Waals surface area contributed by atoms with Gasteiger partial charge in [-0.3, -0.25) is 0 Å². The van der Waals surface area contributed by atoms with Crippen molar-refractivity contribution in [2.45, 2.75) is 6.92 Å². The number of nitrogens with zero attached hydrogens (tertiary/aromatic N) is 1. The summed E-state index contributed by atoms with van der Waals surface area (Å²) in [6.07, 6.45) is 1.56. The first-order valence-corrected chi connectivity index (χ1v) is 5.27. The minimum atomic E-state index is 0.534. The molecule has 0 aliphatic heterocycles. The lowest BCUT2D eigenvalue weighted by molar-refractivity contribution is 1.31. The van der Waals surface area contributed by atoms with E-state index in [1.807, 2.05) is 31.2 Å². The van der Waals surface area contributed by atoms with Crippen LogP contribution in [0.3, 0.4) is 0 Å².